The fourth-order valence-corrected chi connectivity index (χ4v) is 3.55. The van der Waals surface area contributed by atoms with E-state index in [1.54, 1.807) is 18.3 Å². The van der Waals surface area contributed by atoms with Crippen LogP contribution in [0.2, 0.25) is 0 Å². The number of benzene rings is 2. The summed E-state index contributed by atoms with van der Waals surface area (Å²) in [7, 11) is 0. The van der Waals surface area contributed by atoms with E-state index in [0.29, 0.717) is 22.7 Å². The highest BCUT2D eigenvalue weighted by Gasteiger charge is 2.18. The quantitative estimate of drug-likeness (QED) is 0.434. The van der Waals surface area contributed by atoms with E-state index < -0.39 is 5.69 Å². The Morgan fingerprint density at radius 3 is 2.73 bits per heavy atom. The first-order valence-corrected chi connectivity index (χ1v) is 10.5. The van der Waals surface area contributed by atoms with Gasteiger partial charge in [-0.3, -0.25) is 4.79 Å². The molecule has 3 heterocycles. The molecule has 0 saturated heterocycles. The molecule has 5 rings (SSSR count). The molecular weight excluding hydrogens is 420 g/mol. The van der Waals surface area contributed by atoms with Gasteiger partial charge in [0.2, 0.25) is 11.7 Å². The molecule has 0 unspecified atom stereocenters. The van der Waals surface area contributed by atoms with Crippen molar-refractivity contribution >= 4 is 17.2 Å². The monoisotopic (exact) mass is 440 g/mol. The number of carbonyl (C=O) groups is 1. The molecule has 0 atom stereocenters. The molecule has 0 aliphatic carbocycles. The Kier molecular flexibility index (Phi) is 5.27. The molecule has 0 fully saturated rings. The van der Waals surface area contributed by atoms with Crippen LogP contribution in [0, 0.1) is 0 Å². The van der Waals surface area contributed by atoms with Gasteiger partial charge in [-0.1, -0.05) is 54.5 Å². The molecule has 164 valence electrons. The molecule has 33 heavy (non-hydrogen) atoms. The molecular formula is C24H20N6O3. The first-order chi connectivity index (χ1) is 16.1. The van der Waals surface area contributed by atoms with Gasteiger partial charge in [-0.15, -0.1) is 5.10 Å². The van der Waals surface area contributed by atoms with Crippen molar-refractivity contribution in [2.45, 2.75) is 19.9 Å². The highest BCUT2D eigenvalue weighted by Crippen LogP contribution is 2.24. The number of hydrogen-bond donors (Lipinski definition) is 1. The fraction of sp³-hybridized carbons (Fsp3) is 0.125. The topological polar surface area (TPSA) is 107 Å². The Hall–Kier alpha value is -4.53. The van der Waals surface area contributed by atoms with Crippen LogP contribution in [0.5, 0.6) is 0 Å². The van der Waals surface area contributed by atoms with Crippen LogP contribution in [0.3, 0.4) is 0 Å². The van der Waals surface area contributed by atoms with Gasteiger partial charge in [-0.2, -0.15) is 4.98 Å². The SMILES string of the molecule is CCc1cccc(NC(=O)Cn2nc3c(-c4nc(-c5ccccc5)no4)cccn3c2=O)c1. The fourth-order valence-electron chi connectivity index (χ4n) is 3.55. The standard InChI is InChI=1S/C24H20N6O3/c1-2-16-8-6-11-18(14-16)25-20(31)15-30-24(32)29-13-7-12-19(22(29)27-30)23-26-21(28-33-23)17-9-4-3-5-10-17/h3-14H,2,15H2,1H3,(H,25,31). The second-order valence-electron chi connectivity index (χ2n) is 7.45. The van der Waals surface area contributed by atoms with Crippen molar-refractivity contribution in [3.8, 4) is 22.8 Å². The lowest BCUT2D eigenvalue weighted by Gasteiger charge is -2.06. The highest BCUT2D eigenvalue weighted by atomic mass is 16.5. The second-order valence-corrected chi connectivity index (χ2v) is 7.45. The van der Waals surface area contributed by atoms with Crippen LogP contribution in [-0.4, -0.2) is 30.2 Å². The number of fused-ring (bicyclic) bond motifs is 1. The van der Waals surface area contributed by atoms with Gasteiger partial charge in [0.15, 0.2) is 5.65 Å². The van der Waals surface area contributed by atoms with E-state index in [4.69, 9.17) is 4.52 Å². The first-order valence-electron chi connectivity index (χ1n) is 10.5. The smallest absolute Gasteiger partial charge is 0.333 e. The summed E-state index contributed by atoms with van der Waals surface area (Å²) in [5.41, 5.74) is 2.98. The summed E-state index contributed by atoms with van der Waals surface area (Å²) in [6.45, 7) is 1.82. The lowest BCUT2D eigenvalue weighted by molar-refractivity contribution is -0.117. The van der Waals surface area contributed by atoms with E-state index in [0.717, 1.165) is 22.2 Å². The maximum absolute atomic E-state index is 12.8. The molecule has 0 aliphatic rings. The summed E-state index contributed by atoms with van der Waals surface area (Å²) in [6.07, 6.45) is 2.45. The van der Waals surface area contributed by atoms with Gasteiger partial charge >= 0.3 is 5.69 Å². The lowest BCUT2D eigenvalue weighted by atomic mass is 10.1. The number of aromatic nitrogens is 5. The van der Waals surface area contributed by atoms with Crippen molar-refractivity contribution in [1.82, 2.24) is 24.3 Å². The predicted octanol–water partition coefficient (Wildman–Crippen LogP) is 3.41. The van der Waals surface area contributed by atoms with Gasteiger partial charge in [-0.25, -0.2) is 13.9 Å². The largest absolute Gasteiger partial charge is 0.350 e. The molecule has 1 amide bonds. The summed E-state index contributed by atoms with van der Waals surface area (Å²) in [5.74, 6) is 0.319. The zero-order valence-electron chi connectivity index (χ0n) is 17.8. The van der Waals surface area contributed by atoms with Crippen molar-refractivity contribution < 1.29 is 9.32 Å². The molecule has 0 radical (unpaired) electrons. The van der Waals surface area contributed by atoms with Gasteiger partial charge in [0, 0.05) is 17.4 Å². The van der Waals surface area contributed by atoms with Crippen molar-refractivity contribution in [3.05, 3.63) is 89.0 Å². The molecule has 5 aromatic rings. The van der Waals surface area contributed by atoms with Crippen molar-refractivity contribution in [2.75, 3.05) is 5.32 Å². The Balaban J connectivity index is 1.44. The number of rotatable bonds is 6. The van der Waals surface area contributed by atoms with Crippen LogP contribution >= 0.6 is 0 Å². The molecule has 9 nitrogen and oxygen atoms in total. The summed E-state index contributed by atoms with van der Waals surface area (Å²) < 4.78 is 7.91. The van der Waals surface area contributed by atoms with Crippen LogP contribution in [0.25, 0.3) is 28.5 Å². The second kappa shape index (κ2) is 8.54. The number of anilines is 1. The minimum Gasteiger partial charge on any atom is -0.333 e. The lowest BCUT2D eigenvalue weighted by Crippen LogP contribution is -2.28. The van der Waals surface area contributed by atoms with Crippen LogP contribution < -0.4 is 11.0 Å². The number of aryl methyl sites for hydroxylation is 1. The number of nitrogens with zero attached hydrogens (tertiary/aromatic N) is 5. The average Bonchev–Trinajstić information content (AvgIpc) is 3.45. The summed E-state index contributed by atoms with van der Waals surface area (Å²) >= 11 is 0. The molecule has 0 spiro atoms. The third-order valence-corrected chi connectivity index (χ3v) is 5.21. The van der Waals surface area contributed by atoms with Gasteiger partial charge in [-0.05, 0) is 36.2 Å². The van der Waals surface area contributed by atoms with Crippen LogP contribution in [0.1, 0.15) is 12.5 Å². The van der Waals surface area contributed by atoms with E-state index in [-0.39, 0.29) is 18.3 Å². The Bertz CT molecular complexity index is 1500. The maximum atomic E-state index is 12.8. The van der Waals surface area contributed by atoms with Gasteiger partial charge in [0.05, 0.1) is 5.56 Å². The van der Waals surface area contributed by atoms with Crippen LogP contribution in [-0.2, 0) is 17.8 Å². The van der Waals surface area contributed by atoms with Crippen LogP contribution in [0.15, 0.2) is 82.2 Å². The zero-order valence-corrected chi connectivity index (χ0v) is 17.8. The molecule has 0 saturated carbocycles. The third kappa shape index (κ3) is 4.03. The van der Waals surface area contributed by atoms with E-state index in [1.165, 1.54) is 4.40 Å². The summed E-state index contributed by atoms with van der Waals surface area (Å²) in [4.78, 5) is 29.9. The van der Waals surface area contributed by atoms with E-state index in [9.17, 15) is 9.59 Å². The van der Waals surface area contributed by atoms with Gasteiger partial charge in [0.1, 0.15) is 6.54 Å². The van der Waals surface area contributed by atoms with E-state index >= 15 is 0 Å². The Morgan fingerprint density at radius 1 is 1.06 bits per heavy atom. The van der Waals surface area contributed by atoms with Crippen molar-refractivity contribution in [3.63, 3.8) is 0 Å². The molecule has 3 aromatic heterocycles. The minimum absolute atomic E-state index is 0.227. The minimum atomic E-state index is -0.438. The van der Waals surface area contributed by atoms with Gasteiger partial charge < -0.3 is 9.84 Å². The number of amides is 1. The molecule has 9 heteroatoms. The summed E-state index contributed by atoms with van der Waals surface area (Å²) in [5, 5.41) is 11.2. The number of nitrogens with one attached hydrogen (secondary N) is 1. The van der Waals surface area contributed by atoms with Crippen LogP contribution in [0.4, 0.5) is 5.69 Å². The van der Waals surface area contributed by atoms with E-state index in [2.05, 4.69) is 20.6 Å². The third-order valence-electron chi connectivity index (χ3n) is 5.21. The summed E-state index contributed by atoms with van der Waals surface area (Å²) in [6, 6.07) is 20.4. The average molecular weight is 440 g/mol. The first kappa shape index (κ1) is 20.4. The number of hydrogen-bond acceptors (Lipinski definition) is 6. The van der Waals surface area contributed by atoms with Gasteiger partial charge in [0.25, 0.3) is 5.89 Å². The van der Waals surface area contributed by atoms with Crippen molar-refractivity contribution in [1.29, 1.82) is 0 Å². The Morgan fingerprint density at radius 2 is 1.91 bits per heavy atom. The predicted molar refractivity (Wildman–Crippen MR) is 123 cm³/mol. The van der Waals surface area contributed by atoms with Crippen molar-refractivity contribution in [2.24, 2.45) is 0 Å². The zero-order chi connectivity index (χ0) is 22.8. The normalized spacial score (nSPS) is 11.1. The molecule has 2 aromatic carbocycles. The molecule has 0 bridgehead atoms. The molecule has 1 N–H and O–H groups in total. The van der Waals surface area contributed by atoms with E-state index in [1.807, 2.05) is 61.5 Å². The number of pyridine rings is 1. The highest BCUT2D eigenvalue weighted by molar-refractivity contribution is 5.90. The number of carbonyl (C=O) groups excluding carboxylic acids is 1. The Labute approximate surface area is 188 Å². The maximum Gasteiger partial charge on any atom is 0.350 e. The molecule has 0 aliphatic heterocycles.